The Morgan fingerprint density at radius 3 is 2.61 bits per heavy atom. The number of nitrogens with zero attached hydrogens (tertiary/aromatic N) is 3. The van der Waals surface area contributed by atoms with Crippen LogP contribution in [0, 0.1) is 10.1 Å². The molecule has 6 nitrogen and oxygen atoms in total. The Hall–Kier alpha value is -2.84. The van der Waals surface area contributed by atoms with E-state index >= 15 is 0 Å². The summed E-state index contributed by atoms with van der Waals surface area (Å²) >= 11 is 5.02. The van der Waals surface area contributed by atoms with Crippen LogP contribution >= 0.6 is 27.3 Å². The molecular formula is C23H20BrN3O3S. The Kier molecular flexibility index (Phi) is 6.58. The Labute approximate surface area is 192 Å². The van der Waals surface area contributed by atoms with Crippen LogP contribution in [0.1, 0.15) is 29.3 Å². The quantitative estimate of drug-likeness (QED) is 0.249. The summed E-state index contributed by atoms with van der Waals surface area (Å²) in [5.74, 6) is 0.270. The number of hydrogen-bond donors (Lipinski definition) is 0. The van der Waals surface area contributed by atoms with Crippen LogP contribution in [0.4, 0.5) is 5.69 Å². The van der Waals surface area contributed by atoms with Crippen LogP contribution in [0.2, 0.25) is 0 Å². The summed E-state index contributed by atoms with van der Waals surface area (Å²) < 4.78 is 0.955. The van der Waals surface area contributed by atoms with Crippen molar-refractivity contribution in [3.63, 3.8) is 0 Å². The Morgan fingerprint density at radius 1 is 1.16 bits per heavy atom. The van der Waals surface area contributed by atoms with E-state index < -0.39 is 0 Å². The molecule has 0 N–H and O–H groups in total. The lowest BCUT2D eigenvalue weighted by Crippen LogP contribution is -2.36. The largest absolute Gasteiger partial charge is 0.339 e. The third-order valence-corrected chi connectivity index (χ3v) is 7.09. The Morgan fingerprint density at radius 2 is 1.87 bits per heavy atom. The smallest absolute Gasteiger partial charge is 0.278 e. The van der Waals surface area contributed by atoms with Gasteiger partial charge in [0.25, 0.3) is 5.69 Å². The van der Waals surface area contributed by atoms with Gasteiger partial charge < -0.3 is 4.90 Å². The highest BCUT2D eigenvalue weighted by Gasteiger charge is 2.26. The number of hydrogen-bond acceptors (Lipinski definition) is 5. The third-order valence-electron chi connectivity index (χ3n) is 5.37. The molecule has 0 aliphatic carbocycles. The number of amides is 1. The highest BCUT2D eigenvalue weighted by molar-refractivity contribution is 9.10. The molecule has 1 aliphatic rings. The predicted octanol–water partition coefficient (Wildman–Crippen LogP) is 5.90. The van der Waals surface area contributed by atoms with Crippen molar-refractivity contribution in [2.24, 2.45) is 0 Å². The monoisotopic (exact) mass is 497 g/mol. The lowest BCUT2D eigenvalue weighted by Gasteiger charge is -2.30. The van der Waals surface area contributed by atoms with Gasteiger partial charge in [0, 0.05) is 41.0 Å². The minimum absolute atomic E-state index is 0.00828. The van der Waals surface area contributed by atoms with Gasteiger partial charge in [0.15, 0.2) is 0 Å². The zero-order valence-corrected chi connectivity index (χ0v) is 19.0. The molecule has 1 amide bonds. The summed E-state index contributed by atoms with van der Waals surface area (Å²) in [5, 5.41) is 14.2. The molecule has 1 fully saturated rings. The van der Waals surface area contributed by atoms with E-state index in [2.05, 4.69) is 15.9 Å². The van der Waals surface area contributed by atoms with Crippen molar-refractivity contribution < 1.29 is 9.72 Å². The number of benzene rings is 2. The van der Waals surface area contributed by atoms with Gasteiger partial charge in [0.2, 0.25) is 5.91 Å². The molecule has 0 radical (unpaired) electrons. The first kappa shape index (κ1) is 21.4. The number of para-hydroxylation sites is 1. The second-order valence-corrected chi connectivity index (χ2v) is 9.04. The van der Waals surface area contributed by atoms with E-state index in [0.29, 0.717) is 24.3 Å². The van der Waals surface area contributed by atoms with Crippen LogP contribution in [0.3, 0.4) is 0 Å². The van der Waals surface area contributed by atoms with Crippen LogP contribution in [-0.2, 0) is 4.79 Å². The van der Waals surface area contributed by atoms with Crippen LogP contribution < -0.4 is 0 Å². The molecule has 2 aromatic carbocycles. The van der Waals surface area contributed by atoms with Crippen LogP contribution in [0.15, 0.2) is 64.5 Å². The molecule has 0 spiro atoms. The number of likely N-dealkylation sites (tertiary alicyclic amines) is 1. The van der Waals surface area contributed by atoms with Gasteiger partial charge in [0.1, 0.15) is 0 Å². The topological polar surface area (TPSA) is 76.3 Å². The number of nitro groups is 1. The summed E-state index contributed by atoms with van der Waals surface area (Å²) in [6, 6.07) is 14.5. The van der Waals surface area contributed by atoms with Crippen LogP contribution in [0.25, 0.3) is 17.3 Å². The van der Waals surface area contributed by atoms with Crippen molar-refractivity contribution in [1.82, 2.24) is 9.88 Å². The van der Waals surface area contributed by atoms with Crippen molar-refractivity contribution in [3.05, 3.63) is 85.1 Å². The number of aromatic nitrogens is 1. The second kappa shape index (κ2) is 9.53. The first-order valence-electron chi connectivity index (χ1n) is 9.93. The molecule has 31 heavy (non-hydrogen) atoms. The zero-order chi connectivity index (χ0) is 21.8. The number of rotatable bonds is 5. The fourth-order valence-corrected chi connectivity index (χ4v) is 5.08. The zero-order valence-electron chi connectivity index (χ0n) is 16.6. The second-order valence-electron chi connectivity index (χ2n) is 7.30. The van der Waals surface area contributed by atoms with Gasteiger partial charge >= 0.3 is 0 Å². The fourth-order valence-electron chi connectivity index (χ4n) is 3.67. The van der Waals surface area contributed by atoms with Gasteiger partial charge in [-0.15, -0.1) is 11.3 Å². The molecule has 0 atom stereocenters. The number of halogens is 1. The minimum Gasteiger partial charge on any atom is -0.339 e. The van der Waals surface area contributed by atoms with Gasteiger partial charge in [-0.25, -0.2) is 4.98 Å². The van der Waals surface area contributed by atoms with Crippen LogP contribution in [-0.4, -0.2) is 33.8 Å². The van der Waals surface area contributed by atoms with Crippen molar-refractivity contribution in [1.29, 1.82) is 0 Å². The first-order valence-corrected chi connectivity index (χ1v) is 11.6. The average molecular weight is 498 g/mol. The molecule has 1 aliphatic heterocycles. The predicted molar refractivity (Wildman–Crippen MR) is 126 cm³/mol. The number of thiazole rings is 1. The van der Waals surface area contributed by atoms with Gasteiger partial charge in [-0.3, -0.25) is 14.9 Å². The number of carbonyl (C=O) groups is 1. The van der Waals surface area contributed by atoms with Crippen molar-refractivity contribution in [3.8, 4) is 11.3 Å². The van der Waals surface area contributed by atoms with Gasteiger partial charge in [-0.1, -0.05) is 46.3 Å². The van der Waals surface area contributed by atoms with E-state index in [1.807, 2.05) is 40.6 Å². The SMILES string of the molecule is O=C(C=Cc1ccccc1Br)N1CCC(c2nc(-c3ccccc3[N+](=O)[O-])cs2)CC1. The summed E-state index contributed by atoms with van der Waals surface area (Å²) in [5.41, 5.74) is 2.22. The fraction of sp³-hybridized carbons (Fsp3) is 0.217. The lowest BCUT2D eigenvalue weighted by atomic mass is 9.97. The summed E-state index contributed by atoms with van der Waals surface area (Å²) in [4.78, 5) is 30.0. The van der Waals surface area contributed by atoms with Crippen molar-refractivity contribution >= 4 is 44.9 Å². The van der Waals surface area contributed by atoms with E-state index in [-0.39, 0.29) is 22.4 Å². The molecule has 0 saturated carbocycles. The maximum Gasteiger partial charge on any atom is 0.278 e. The Balaban J connectivity index is 1.39. The molecule has 8 heteroatoms. The number of carbonyl (C=O) groups excluding carboxylic acids is 1. The maximum absolute atomic E-state index is 12.6. The molecule has 158 valence electrons. The Bertz CT molecular complexity index is 1140. The van der Waals surface area contributed by atoms with Crippen molar-refractivity contribution in [2.75, 3.05) is 13.1 Å². The molecule has 0 bridgehead atoms. The third kappa shape index (κ3) is 4.91. The first-order chi connectivity index (χ1) is 15.0. The van der Waals surface area contributed by atoms with Gasteiger partial charge in [-0.05, 0) is 36.6 Å². The molecular weight excluding hydrogens is 478 g/mol. The molecule has 3 aromatic rings. The van der Waals surface area contributed by atoms with Gasteiger partial charge in [0.05, 0.1) is 21.2 Å². The molecule has 4 rings (SSSR count). The summed E-state index contributed by atoms with van der Waals surface area (Å²) in [7, 11) is 0. The normalized spacial score (nSPS) is 14.8. The molecule has 0 unspecified atom stereocenters. The maximum atomic E-state index is 12.6. The standard InChI is InChI=1S/C23H20BrN3O3S/c24-19-7-3-1-5-16(19)9-10-22(28)26-13-11-17(12-14-26)23-25-20(15-31-23)18-6-2-4-8-21(18)27(29)30/h1-10,15,17H,11-14H2. The van der Waals surface area contributed by atoms with Crippen molar-refractivity contribution in [2.45, 2.75) is 18.8 Å². The van der Waals surface area contributed by atoms with E-state index in [4.69, 9.17) is 4.98 Å². The number of nitro benzene ring substituents is 1. The van der Waals surface area contributed by atoms with E-state index in [9.17, 15) is 14.9 Å². The molecule has 2 heterocycles. The van der Waals surface area contributed by atoms with E-state index in [1.54, 1.807) is 24.3 Å². The molecule has 1 saturated heterocycles. The van der Waals surface area contributed by atoms with E-state index in [0.717, 1.165) is 27.9 Å². The number of piperidine rings is 1. The molecule has 1 aromatic heterocycles. The highest BCUT2D eigenvalue weighted by atomic mass is 79.9. The summed E-state index contributed by atoms with van der Waals surface area (Å²) in [6.45, 7) is 1.34. The summed E-state index contributed by atoms with van der Waals surface area (Å²) in [6.07, 6.45) is 5.12. The van der Waals surface area contributed by atoms with E-state index in [1.165, 1.54) is 17.4 Å². The lowest BCUT2D eigenvalue weighted by molar-refractivity contribution is -0.384. The van der Waals surface area contributed by atoms with Crippen LogP contribution in [0.5, 0.6) is 0 Å². The average Bonchev–Trinajstić information content (AvgIpc) is 3.28. The minimum atomic E-state index is -0.375. The highest BCUT2D eigenvalue weighted by Crippen LogP contribution is 2.35. The van der Waals surface area contributed by atoms with Gasteiger partial charge in [-0.2, -0.15) is 0 Å².